The maximum atomic E-state index is 5.64. The number of nitrogens with one attached hydrogen (secondary N) is 1. The third-order valence-electron chi connectivity index (χ3n) is 2.75. The van der Waals surface area contributed by atoms with Crippen LogP contribution in [0.3, 0.4) is 0 Å². The van der Waals surface area contributed by atoms with Gasteiger partial charge in [0.2, 0.25) is 0 Å². The molecule has 0 aromatic heterocycles. The number of hydrogen-bond donors (Lipinski definition) is 2. The lowest BCUT2D eigenvalue weighted by Gasteiger charge is -2.22. The Hall–Kier alpha value is -0.440. The van der Waals surface area contributed by atoms with E-state index in [9.17, 15) is 0 Å². The van der Waals surface area contributed by atoms with Crippen molar-refractivity contribution in [2.75, 3.05) is 18.8 Å². The summed E-state index contributed by atoms with van der Waals surface area (Å²) in [5, 5.41) is 3.37. The average Bonchev–Trinajstić information content (AvgIpc) is 2.20. The van der Waals surface area contributed by atoms with E-state index in [-0.39, 0.29) is 24.8 Å². The first-order chi connectivity index (χ1) is 6.36. The van der Waals surface area contributed by atoms with Crippen LogP contribution in [-0.2, 0) is 0 Å². The summed E-state index contributed by atoms with van der Waals surface area (Å²) in [4.78, 5) is 0. The molecular weight excluding hydrogens is 231 g/mol. The van der Waals surface area contributed by atoms with Crippen LogP contribution in [0.5, 0.6) is 0 Å². The summed E-state index contributed by atoms with van der Waals surface area (Å²) in [5.74, 6) is 0.738. The molecule has 1 heterocycles. The Labute approximate surface area is 103 Å². The van der Waals surface area contributed by atoms with Crippen molar-refractivity contribution >= 4 is 30.5 Å². The highest BCUT2D eigenvalue weighted by Crippen LogP contribution is 2.25. The van der Waals surface area contributed by atoms with Crippen LogP contribution in [0.4, 0.5) is 5.69 Å². The Bertz CT molecular complexity index is 268. The zero-order valence-corrected chi connectivity index (χ0v) is 10.2. The second-order valence-electron chi connectivity index (χ2n) is 3.69. The third-order valence-corrected chi connectivity index (χ3v) is 2.75. The Kier molecular flexibility index (Phi) is 6.73. The Morgan fingerprint density at radius 2 is 1.53 bits per heavy atom. The normalized spacial score (nSPS) is 16.3. The summed E-state index contributed by atoms with van der Waals surface area (Å²) >= 11 is 0. The molecule has 1 aromatic carbocycles. The molecule has 1 fully saturated rings. The van der Waals surface area contributed by atoms with Gasteiger partial charge < -0.3 is 11.1 Å². The zero-order chi connectivity index (χ0) is 9.10. The number of rotatable bonds is 1. The Morgan fingerprint density at radius 1 is 1.00 bits per heavy atom. The van der Waals surface area contributed by atoms with E-state index in [1.807, 2.05) is 12.1 Å². The minimum Gasteiger partial charge on any atom is -0.399 e. The highest BCUT2D eigenvalue weighted by Gasteiger charge is 2.14. The van der Waals surface area contributed by atoms with E-state index in [2.05, 4.69) is 17.4 Å². The third kappa shape index (κ3) is 3.90. The molecule has 1 saturated heterocycles. The topological polar surface area (TPSA) is 38.0 Å². The molecule has 0 bridgehead atoms. The van der Waals surface area contributed by atoms with Gasteiger partial charge in [-0.3, -0.25) is 0 Å². The van der Waals surface area contributed by atoms with Crippen molar-refractivity contribution in [3.05, 3.63) is 29.8 Å². The molecule has 86 valence electrons. The molecule has 4 heteroatoms. The molecule has 1 aliphatic rings. The number of hydrogen-bond acceptors (Lipinski definition) is 2. The second kappa shape index (κ2) is 6.94. The molecule has 1 aromatic rings. The van der Waals surface area contributed by atoms with Gasteiger partial charge in [0.05, 0.1) is 0 Å². The molecule has 0 atom stereocenters. The summed E-state index contributed by atoms with van der Waals surface area (Å²) in [7, 11) is 0. The lowest BCUT2D eigenvalue weighted by atomic mass is 9.90. The van der Waals surface area contributed by atoms with Gasteiger partial charge in [0.15, 0.2) is 0 Å². The van der Waals surface area contributed by atoms with Crippen LogP contribution >= 0.6 is 24.8 Å². The molecule has 0 radical (unpaired) electrons. The monoisotopic (exact) mass is 248 g/mol. The highest BCUT2D eigenvalue weighted by molar-refractivity contribution is 5.85. The second-order valence-corrected chi connectivity index (χ2v) is 3.69. The number of halogens is 2. The summed E-state index contributed by atoms with van der Waals surface area (Å²) in [6, 6.07) is 8.31. The lowest BCUT2D eigenvalue weighted by molar-refractivity contribution is 0.460. The summed E-state index contributed by atoms with van der Waals surface area (Å²) in [6.07, 6.45) is 2.51. The average molecular weight is 249 g/mol. The molecule has 2 nitrogen and oxygen atoms in total. The van der Waals surface area contributed by atoms with Gasteiger partial charge in [0, 0.05) is 5.69 Å². The van der Waals surface area contributed by atoms with Gasteiger partial charge in [-0.25, -0.2) is 0 Å². The van der Waals surface area contributed by atoms with Crippen molar-refractivity contribution in [2.24, 2.45) is 0 Å². The number of piperidine rings is 1. The zero-order valence-electron chi connectivity index (χ0n) is 8.61. The fraction of sp³-hybridized carbons (Fsp3) is 0.455. The Morgan fingerprint density at radius 3 is 2.07 bits per heavy atom. The molecule has 0 aliphatic carbocycles. The van der Waals surface area contributed by atoms with E-state index in [0.29, 0.717) is 0 Å². The number of nitrogens with two attached hydrogens (primary N) is 1. The fourth-order valence-electron chi connectivity index (χ4n) is 1.92. The minimum atomic E-state index is 0. The molecule has 15 heavy (non-hydrogen) atoms. The molecule has 0 unspecified atom stereocenters. The van der Waals surface area contributed by atoms with Crippen molar-refractivity contribution in [2.45, 2.75) is 18.8 Å². The molecule has 0 spiro atoms. The van der Waals surface area contributed by atoms with Gasteiger partial charge in [-0.1, -0.05) is 12.1 Å². The van der Waals surface area contributed by atoms with Gasteiger partial charge in [-0.15, -0.1) is 24.8 Å². The molecular formula is C11H18Cl2N2. The molecule has 0 saturated carbocycles. The molecule has 3 N–H and O–H groups in total. The van der Waals surface area contributed by atoms with Gasteiger partial charge in [0.25, 0.3) is 0 Å². The van der Waals surface area contributed by atoms with Crippen LogP contribution in [0, 0.1) is 0 Å². The first-order valence-corrected chi connectivity index (χ1v) is 4.92. The first kappa shape index (κ1) is 14.6. The number of benzene rings is 1. The predicted octanol–water partition coefficient (Wildman–Crippen LogP) is 2.58. The van der Waals surface area contributed by atoms with Crippen molar-refractivity contribution in [1.82, 2.24) is 5.32 Å². The fourth-order valence-corrected chi connectivity index (χ4v) is 1.92. The smallest absolute Gasteiger partial charge is 0.0314 e. The predicted molar refractivity (Wildman–Crippen MR) is 70.2 cm³/mol. The van der Waals surface area contributed by atoms with Crippen LogP contribution in [0.1, 0.15) is 24.3 Å². The van der Waals surface area contributed by atoms with Gasteiger partial charge in [0.1, 0.15) is 0 Å². The van der Waals surface area contributed by atoms with E-state index in [0.717, 1.165) is 24.7 Å². The van der Waals surface area contributed by atoms with E-state index < -0.39 is 0 Å². The lowest BCUT2D eigenvalue weighted by Crippen LogP contribution is -2.26. The van der Waals surface area contributed by atoms with Crippen LogP contribution in [0.25, 0.3) is 0 Å². The quantitative estimate of drug-likeness (QED) is 0.751. The van der Waals surface area contributed by atoms with Crippen molar-refractivity contribution in [3.8, 4) is 0 Å². The van der Waals surface area contributed by atoms with Gasteiger partial charge in [-0.05, 0) is 49.5 Å². The van der Waals surface area contributed by atoms with E-state index in [1.165, 1.54) is 18.4 Å². The van der Waals surface area contributed by atoms with Crippen LogP contribution < -0.4 is 11.1 Å². The minimum absolute atomic E-state index is 0. The Balaban J connectivity index is 0.000000980. The molecule has 2 rings (SSSR count). The number of nitrogen functional groups attached to an aromatic ring is 1. The van der Waals surface area contributed by atoms with Crippen molar-refractivity contribution in [1.29, 1.82) is 0 Å². The number of anilines is 1. The maximum absolute atomic E-state index is 5.64. The van der Waals surface area contributed by atoms with Crippen LogP contribution in [-0.4, -0.2) is 13.1 Å². The molecule has 0 amide bonds. The highest BCUT2D eigenvalue weighted by atomic mass is 35.5. The maximum Gasteiger partial charge on any atom is 0.0314 e. The van der Waals surface area contributed by atoms with E-state index >= 15 is 0 Å². The molecule has 1 aliphatic heterocycles. The van der Waals surface area contributed by atoms with E-state index in [1.54, 1.807) is 0 Å². The summed E-state index contributed by atoms with van der Waals surface area (Å²) < 4.78 is 0. The standard InChI is InChI=1S/C11H16N2.2ClH/c12-11-3-1-9(2-4-11)10-5-7-13-8-6-10;;/h1-4,10,13H,5-8,12H2;2*1H. The van der Waals surface area contributed by atoms with Gasteiger partial charge in [-0.2, -0.15) is 0 Å². The van der Waals surface area contributed by atoms with Crippen molar-refractivity contribution < 1.29 is 0 Å². The first-order valence-electron chi connectivity index (χ1n) is 4.92. The van der Waals surface area contributed by atoms with E-state index in [4.69, 9.17) is 5.73 Å². The summed E-state index contributed by atoms with van der Waals surface area (Å²) in [6.45, 7) is 2.30. The SMILES string of the molecule is Cl.Cl.Nc1ccc(C2CCNCC2)cc1. The largest absolute Gasteiger partial charge is 0.399 e. The summed E-state index contributed by atoms with van der Waals surface area (Å²) in [5.41, 5.74) is 7.94. The van der Waals surface area contributed by atoms with Crippen molar-refractivity contribution in [3.63, 3.8) is 0 Å². The van der Waals surface area contributed by atoms with Crippen LogP contribution in [0.15, 0.2) is 24.3 Å². The van der Waals surface area contributed by atoms with Crippen LogP contribution in [0.2, 0.25) is 0 Å². The van der Waals surface area contributed by atoms with Gasteiger partial charge >= 0.3 is 0 Å².